The van der Waals surface area contributed by atoms with E-state index < -0.39 is 0 Å². The van der Waals surface area contributed by atoms with E-state index in [1.807, 2.05) is 91.3 Å². The molecule has 6 rings (SSSR count). The summed E-state index contributed by atoms with van der Waals surface area (Å²) in [5.41, 5.74) is 5.51. The number of rotatable bonds is 6. The Morgan fingerprint density at radius 2 is 1.65 bits per heavy atom. The molecule has 166 valence electrons. The minimum atomic E-state index is -0.00745. The van der Waals surface area contributed by atoms with Crippen LogP contribution < -0.4 is 10.1 Å². The molecule has 1 saturated carbocycles. The molecule has 0 spiro atoms. The van der Waals surface area contributed by atoms with Crippen molar-refractivity contribution in [2.75, 3.05) is 0 Å². The van der Waals surface area contributed by atoms with Crippen LogP contribution in [0.2, 0.25) is 0 Å². The van der Waals surface area contributed by atoms with Crippen molar-refractivity contribution in [3.05, 3.63) is 103 Å². The van der Waals surface area contributed by atoms with Crippen LogP contribution in [0.25, 0.3) is 33.3 Å². The van der Waals surface area contributed by atoms with Gasteiger partial charge in [-0.2, -0.15) is 0 Å². The second kappa shape index (κ2) is 8.52. The minimum absolute atomic E-state index is 0.00745. The van der Waals surface area contributed by atoms with Crippen LogP contribution in [-0.4, -0.2) is 21.9 Å². The molecule has 0 aliphatic heterocycles. The van der Waals surface area contributed by atoms with E-state index in [-0.39, 0.29) is 5.91 Å². The first-order chi connectivity index (χ1) is 16.7. The molecule has 34 heavy (non-hydrogen) atoms. The van der Waals surface area contributed by atoms with Gasteiger partial charge in [-0.3, -0.25) is 4.79 Å². The smallest absolute Gasteiger partial charge is 0.251 e. The molecule has 0 unspecified atom stereocenters. The van der Waals surface area contributed by atoms with Gasteiger partial charge in [-0.15, -0.1) is 0 Å². The number of carbonyl (C=O) groups is 1. The van der Waals surface area contributed by atoms with E-state index in [1.165, 1.54) is 0 Å². The van der Waals surface area contributed by atoms with Crippen molar-refractivity contribution in [1.82, 2.24) is 15.3 Å². The quantitative estimate of drug-likeness (QED) is 0.310. The predicted octanol–water partition coefficient (Wildman–Crippen LogP) is 6.58. The molecule has 2 heterocycles. The Bertz CT molecular complexity index is 1470. The first-order valence-corrected chi connectivity index (χ1v) is 11.5. The van der Waals surface area contributed by atoms with Crippen LogP contribution in [-0.2, 0) is 0 Å². The number of pyridine rings is 1. The highest BCUT2D eigenvalue weighted by molar-refractivity contribution is 5.98. The second-order valence-corrected chi connectivity index (χ2v) is 8.56. The normalized spacial score (nSPS) is 13.1. The lowest BCUT2D eigenvalue weighted by Crippen LogP contribution is -2.25. The van der Waals surface area contributed by atoms with Gasteiger partial charge in [0.1, 0.15) is 17.1 Å². The summed E-state index contributed by atoms with van der Waals surface area (Å²) in [7, 11) is 0. The maximum absolute atomic E-state index is 12.3. The Balaban J connectivity index is 1.34. The predicted molar refractivity (Wildman–Crippen MR) is 134 cm³/mol. The molecule has 5 heteroatoms. The number of carbonyl (C=O) groups excluding carboxylic acids is 1. The number of ether oxygens (including phenoxy) is 1. The Hall–Kier alpha value is -4.38. The van der Waals surface area contributed by atoms with Crippen molar-refractivity contribution in [2.45, 2.75) is 18.9 Å². The Labute approximate surface area is 197 Å². The van der Waals surface area contributed by atoms with E-state index in [1.54, 1.807) is 0 Å². The van der Waals surface area contributed by atoms with Gasteiger partial charge in [-0.1, -0.05) is 48.5 Å². The summed E-state index contributed by atoms with van der Waals surface area (Å²) >= 11 is 0. The number of hydrogen-bond acceptors (Lipinski definition) is 3. The zero-order valence-electron chi connectivity index (χ0n) is 18.5. The highest BCUT2D eigenvalue weighted by Gasteiger charge is 2.23. The zero-order valence-corrected chi connectivity index (χ0v) is 18.5. The van der Waals surface area contributed by atoms with E-state index in [4.69, 9.17) is 4.74 Å². The van der Waals surface area contributed by atoms with Crippen molar-refractivity contribution in [3.8, 4) is 33.8 Å². The summed E-state index contributed by atoms with van der Waals surface area (Å²) in [6.45, 7) is 0. The van der Waals surface area contributed by atoms with Crippen LogP contribution in [0.5, 0.6) is 11.5 Å². The van der Waals surface area contributed by atoms with Crippen molar-refractivity contribution in [3.63, 3.8) is 0 Å². The fourth-order valence-corrected chi connectivity index (χ4v) is 4.10. The number of hydrogen-bond donors (Lipinski definition) is 2. The third-order valence-corrected chi connectivity index (χ3v) is 6.07. The Morgan fingerprint density at radius 3 is 2.44 bits per heavy atom. The number of aromatic amines is 1. The fourth-order valence-electron chi connectivity index (χ4n) is 4.10. The lowest BCUT2D eigenvalue weighted by atomic mass is 10.0. The average Bonchev–Trinajstić information content (AvgIpc) is 3.60. The third kappa shape index (κ3) is 4.04. The number of nitrogens with zero attached hydrogens (tertiary/aromatic N) is 1. The van der Waals surface area contributed by atoms with Crippen LogP contribution in [0.3, 0.4) is 0 Å². The third-order valence-electron chi connectivity index (χ3n) is 6.07. The fraction of sp³-hybridized carbons (Fsp3) is 0.103. The lowest BCUT2D eigenvalue weighted by Gasteiger charge is -2.11. The van der Waals surface area contributed by atoms with Gasteiger partial charge in [-0.25, -0.2) is 4.98 Å². The molecule has 0 saturated heterocycles. The number of benzene rings is 3. The number of aromatic nitrogens is 2. The van der Waals surface area contributed by atoms with Gasteiger partial charge in [-0.05, 0) is 54.8 Å². The van der Waals surface area contributed by atoms with E-state index in [0.29, 0.717) is 11.6 Å². The van der Waals surface area contributed by atoms with Crippen LogP contribution in [0.4, 0.5) is 0 Å². The molecule has 1 fully saturated rings. The summed E-state index contributed by atoms with van der Waals surface area (Å²) in [6.07, 6.45) is 5.98. The van der Waals surface area contributed by atoms with Crippen LogP contribution in [0, 0.1) is 0 Å². The number of para-hydroxylation sites is 2. The van der Waals surface area contributed by atoms with Gasteiger partial charge in [0.05, 0.1) is 0 Å². The molecule has 0 atom stereocenters. The average molecular weight is 446 g/mol. The monoisotopic (exact) mass is 445 g/mol. The molecule has 1 aliphatic rings. The number of H-pyrrole nitrogens is 1. The van der Waals surface area contributed by atoms with Gasteiger partial charge in [0, 0.05) is 46.1 Å². The molecular weight excluding hydrogens is 422 g/mol. The number of amides is 1. The van der Waals surface area contributed by atoms with E-state index >= 15 is 0 Å². The van der Waals surface area contributed by atoms with Crippen LogP contribution in [0.15, 0.2) is 97.3 Å². The van der Waals surface area contributed by atoms with Gasteiger partial charge >= 0.3 is 0 Å². The first kappa shape index (κ1) is 20.2. The molecule has 0 bridgehead atoms. The summed E-state index contributed by atoms with van der Waals surface area (Å²) in [4.78, 5) is 20.3. The van der Waals surface area contributed by atoms with Crippen LogP contribution in [0.1, 0.15) is 23.2 Å². The maximum Gasteiger partial charge on any atom is 0.251 e. The number of nitrogens with one attached hydrogen (secondary N) is 2. The molecule has 3 aromatic carbocycles. The topological polar surface area (TPSA) is 67.0 Å². The Kier molecular flexibility index (Phi) is 5.07. The molecule has 0 radical (unpaired) electrons. The molecular formula is C29H23N3O2. The highest BCUT2D eigenvalue weighted by Crippen LogP contribution is 2.36. The van der Waals surface area contributed by atoms with Crippen LogP contribution >= 0.6 is 0 Å². The summed E-state index contributed by atoms with van der Waals surface area (Å²) in [5.74, 6) is 1.56. The van der Waals surface area contributed by atoms with Crippen molar-refractivity contribution < 1.29 is 9.53 Å². The minimum Gasteiger partial charge on any atom is -0.457 e. The summed E-state index contributed by atoms with van der Waals surface area (Å²) in [6, 6.07) is 28.0. The molecule has 2 aromatic heterocycles. The summed E-state index contributed by atoms with van der Waals surface area (Å²) in [5, 5.41) is 4.05. The lowest BCUT2D eigenvalue weighted by molar-refractivity contribution is 0.0951. The molecule has 5 aromatic rings. The van der Waals surface area contributed by atoms with Gasteiger partial charge in [0.15, 0.2) is 0 Å². The standard InChI is InChI=1S/C29H23N3O2/c33-29(32-22-14-15-22)20-12-10-19(11-13-20)26-18-31-28-25(26)16-21(17-30-28)24-8-4-5-9-27(24)34-23-6-2-1-3-7-23/h1-13,16-18,22H,14-15H2,(H,30,31)(H,32,33). The summed E-state index contributed by atoms with van der Waals surface area (Å²) < 4.78 is 6.17. The Morgan fingerprint density at radius 1 is 0.882 bits per heavy atom. The van der Waals surface area contributed by atoms with Crippen molar-refractivity contribution in [1.29, 1.82) is 0 Å². The van der Waals surface area contributed by atoms with Gasteiger partial charge < -0.3 is 15.0 Å². The van der Waals surface area contributed by atoms with Crippen molar-refractivity contribution >= 4 is 16.9 Å². The van der Waals surface area contributed by atoms with E-state index in [9.17, 15) is 4.79 Å². The second-order valence-electron chi connectivity index (χ2n) is 8.56. The molecule has 1 amide bonds. The molecule has 5 nitrogen and oxygen atoms in total. The van der Waals surface area contributed by atoms with E-state index in [2.05, 4.69) is 21.4 Å². The zero-order chi connectivity index (χ0) is 22.9. The van der Waals surface area contributed by atoms with Crippen molar-refractivity contribution in [2.24, 2.45) is 0 Å². The van der Waals surface area contributed by atoms with Gasteiger partial charge in [0.2, 0.25) is 0 Å². The molecule has 1 aliphatic carbocycles. The highest BCUT2D eigenvalue weighted by atomic mass is 16.5. The van der Waals surface area contributed by atoms with Gasteiger partial charge in [0.25, 0.3) is 5.91 Å². The SMILES string of the molecule is O=C(NC1CC1)c1ccc(-c2c[nH]c3ncc(-c4ccccc4Oc4ccccc4)cc23)cc1. The maximum atomic E-state index is 12.3. The number of fused-ring (bicyclic) bond motifs is 1. The largest absolute Gasteiger partial charge is 0.457 e. The molecule has 2 N–H and O–H groups in total. The van der Waals surface area contributed by atoms with E-state index in [0.717, 1.165) is 57.6 Å². The first-order valence-electron chi connectivity index (χ1n) is 11.5.